The quantitative estimate of drug-likeness (QED) is 0.663. The zero-order chi connectivity index (χ0) is 16.7. The first-order chi connectivity index (χ1) is 11.6. The second-order valence-electron chi connectivity index (χ2n) is 6.87. The smallest absolute Gasteiger partial charge is 0.208 e. The van der Waals surface area contributed by atoms with Gasteiger partial charge >= 0.3 is 0 Å². The van der Waals surface area contributed by atoms with Gasteiger partial charge in [0.05, 0.1) is 6.42 Å². The SMILES string of the molecule is C.C.Cc1ccc2c(c1)CC(=CC=CC1=[N+](C)c3ccc(C)cc3C1)N2. The van der Waals surface area contributed by atoms with Crippen LogP contribution < -0.4 is 5.32 Å². The van der Waals surface area contributed by atoms with Crippen molar-refractivity contribution in [3.8, 4) is 0 Å². The van der Waals surface area contributed by atoms with E-state index in [9.17, 15) is 0 Å². The van der Waals surface area contributed by atoms with Crippen molar-refractivity contribution in [3.63, 3.8) is 0 Å². The summed E-state index contributed by atoms with van der Waals surface area (Å²) < 4.78 is 2.30. The van der Waals surface area contributed by atoms with Crippen molar-refractivity contribution in [2.45, 2.75) is 41.5 Å². The summed E-state index contributed by atoms with van der Waals surface area (Å²) in [5.74, 6) is 0. The van der Waals surface area contributed by atoms with E-state index in [1.807, 2.05) is 0 Å². The van der Waals surface area contributed by atoms with Crippen LogP contribution in [0.4, 0.5) is 11.4 Å². The highest BCUT2D eigenvalue weighted by Crippen LogP contribution is 2.29. The first-order valence-electron chi connectivity index (χ1n) is 8.53. The summed E-state index contributed by atoms with van der Waals surface area (Å²) in [7, 11) is 2.15. The molecule has 136 valence electrons. The van der Waals surface area contributed by atoms with Crippen LogP contribution in [0.5, 0.6) is 0 Å². The molecule has 0 bridgehead atoms. The van der Waals surface area contributed by atoms with Gasteiger partial charge in [0.1, 0.15) is 7.05 Å². The lowest BCUT2D eigenvalue weighted by molar-refractivity contribution is -0.400. The lowest BCUT2D eigenvalue weighted by atomic mass is 10.1. The van der Waals surface area contributed by atoms with Gasteiger partial charge in [-0.2, -0.15) is 4.58 Å². The first-order valence-corrected chi connectivity index (χ1v) is 8.53. The molecule has 2 aliphatic heterocycles. The maximum Gasteiger partial charge on any atom is 0.208 e. The van der Waals surface area contributed by atoms with E-state index in [2.05, 4.69) is 85.4 Å². The fourth-order valence-corrected chi connectivity index (χ4v) is 3.61. The molecule has 0 amide bonds. The van der Waals surface area contributed by atoms with Crippen LogP contribution in [0.2, 0.25) is 0 Å². The number of nitrogens with zero attached hydrogens (tertiary/aromatic N) is 1. The third-order valence-electron chi connectivity index (χ3n) is 4.92. The minimum Gasteiger partial charge on any atom is -0.358 e. The van der Waals surface area contributed by atoms with Gasteiger partial charge in [-0.3, -0.25) is 0 Å². The highest BCUT2D eigenvalue weighted by molar-refractivity contribution is 5.96. The van der Waals surface area contributed by atoms with E-state index in [1.54, 1.807) is 0 Å². The monoisotopic (exact) mass is 347 g/mol. The maximum atomic E-state index is 3.51. The molecular weight excluding hydrogens is 316 g/mol. The fraction of sp³-hybridized carbons (Fsp3) is 0.292. The molecule has 0 fully saturated rings. The van der Waals surface area contributed by atoms with Gasteiger partial charge in [-0.25, -0.2) is 0 Å². The van der Waals surface area contributed by atoms with Crippen molar-refractivity contribution in [2.75, 3.05) is 12.4 Å². The number of nitrogens with one attached hydrogen (secondary N) is 1. The van der Waals surface area contributed by atoms with Crippen LogP contribution in [-0.2, 0) is 12.8 Å². The summed E-state index contributed by atoms with van der Waals surface area (Å²) in [4.78, 5) is 0. The predicted octanol–water partition coefficient (Wildman–Crippen LogP) is 5.95. The lowest BCUT2D eigenvalue weighted by Gasteiger charge is -1.99. The summed E-state index contributed by atoms with van der Waals surface area (Å²) in [5, 5.41) is 3.51. The molecule has 2 nitrogen and oxygen atoms in total. The first kappa shape index (κ1) is 19.7. The molecule has 2 heteroatoms. The molecule has 26 heavy (non-hydrogen) atoms. The summed E-state index contributed by atoms with van der Waals surface area (Å²) in [6.45, 7) is 4.30. The Hall–Kier alpha value is -2.61. The maximum absolute atomic E-state index is 3.51. The highest BCUT2D eigenvalue weighted by atomic mass is 15.0. The summed E-state index contributed by atoms with van der Waals surface area (Å²) in [5.41, 5.74) is 10.7. The van der Waals surface area contributed by atoms with Gasteiger partial charge < -0.3 is 5.32 Å². The van der Waals surface area contributed by atoms with Crippen molar-refractivity contribution >= 4 is 17.1 Å². The molecule has 0 radical (unpaired) electrons. The molecule has 2 aromatic rings. The second kappa shape index (κ2) is 7.74. The molecule has 0 aromatic heterocycles. The van der Waals surface area contributed by atoms with Crippen molar-refractivity contribution in [1.29, 1.82) is 0 Å². The van der Waals surface area contributed by atoms with E-state index < -0.39 is 0 Å². The molecular formula is C24H31N2+. The Morgan fingerprint density at radius 2 is 1.62 bits per heavy atom. The van der Waals surface area contributed by atoms with E-state index in [0.29, 0.717) is 0 Å². The molecule has 0 aliphatic carbocycles. The number of benzene rings is 2. The van der Waals surface area contributed by atoms with E-state index in [-0.39, 0.29) is 14.9 Å². The molecule has 2 aliphatic rings. The Balaban J connectivity index is 0.00000121. The predicted molar refractivity (Wildman–Crippen MR) is 115 cm³/mol. The van der Waals surface area contributed by atoms with E-state index in [0.717, 1.165) is 12.8 Å². The summed E-state index contributed by atoms with van der Waals surface area (Å²) in [6, 6.07) is 13.3. The fourth-order valence-electron chi connectivity index (χ4n) is 3.61. The van der Waals surface area contributed by atoms with Crippen LogP contribution in [0, 0.1) is 13.8 Å². The number of fused-ring (bicyclic) bond motifs is 2. The van der Waals surface area contributed by atoms with Gasteiger partial charge in [0.2, 0.25) is 5.69 Å². The van der Waals surface area contributed by atoms with Crippen LogP contribution >= 0.6 is 0 Å². The zero-order valence-corrected chi connectivity index (χ0v) is 14.6. The molecule has 1 N–H and O–H groups in total. The van der Waals surface area contributed by atoms with Crippen molar-refractivity contribution in [3.05, 3.63) is 82.6 Å². The largest absolute Gasteiger partial charge is 0.358 e. The average molecular weight is 348 g/mol. The van der Waals surface area contributed by atoms with Crippen molar-refractivity contribution in [1.82, 2.24) is 0 Å². The molecule has 0 saturated heterocycles. The molecule has 0 unspecified atom stereocenters. The van der Waals surface area contributed by atoms with Gasteiger partial charge in [-0.1, -0.05) is 50.3 Å². The third kappa shape index (κ3) is 3.65. The zero-order valence-electron chi connectivity index (χ0n) is 14.6. The Bertz CT molecular complexity index is 914. The van der Waals surface area contributed by atoms with Gasteiger partial charge in [0.25, 0.3) is 0 Å². The Kier molecular flexibility index (Phi) is 5.86. The summed E-state index contributed by atoms with van der Waals surface area (Å²) in [6.07, 6.45) is 8.61. The average Bonchev–Trinajstić information content (AvgIpc) is 3.08. The third-order valence-corrected chi connectivity index (χ3v) is 4.92. The van der Waals surface area contributed by atoms with Gasteiger partial charge in [0.15, 0.2) is 5.71 Å². The second-order valence-corrected chi connectivity index (χ2v) is 6.87. The van der Waals surface area contributed by atoms with Crippen LogP contribution in [0.3, 0.4) is 0 Å². The molecule has 2 heterocycles. The van der Waals surface area contributed by atoms with Gasteiger partial charge in [-0.05, 0) is 37.6 Å². The number of aryl methyl sites for hydroxylation is 2. The molecule has 0 saturated carbocycles. The van der Waals surface area contributed by atoms with Crippen LogP contribution in [0.15, 0.2) is 60.3 Å². The Morgan fingerprint density at radius 1 is 0.923 bits per heavy atom. The van der Waals surface area contributed by atoms with Crippen molar-refractivity contribution in [2.24, 2.45) is 0 Å². The number of hydrogen-bond acceptors (Lipinski definition) is 1. The molecule has 0 spiro atoms. The molecule has 2 aromatic carbocycles. The minimum absolute atomic E-state index is 0. The topological polar surface area (TPSA) is 15.0 Å². The highest BCUT2D eigenvalue weighted by Gasteiger charge is 2.24. The van der Waals surface area contributed by atoms with E-state index in [4.69, 9.17) is 0 Å². The Labute approximate surface area is 158 Å². The minimum atomic E-state index is 0. The number of rotatable bonds is 2. The van der Waals surface area contributed by atoms with Crippen molar-refractivity contribution < 1.29 is 4.58 Å². The normalized spacial score (nSPS) is 16.2. The number of allylic oxidation sites excluding steroid dienone is 4. The summed E-state index contributed by atoms with van der Waals surface area (Å²) >= 11 is 0. The number of anilines is 1. The molecule has 4 rings (SSSR count). The van der Waals surface area contributed by atoms with E-state index >= 15 is 0 Å². The van der Waals surface area contributed by atoms with Gasteiger partial charge in [-0.15, -0.1) is 0 Å². The van der Waals surface area contributed by atoms with Crippen LogP contribution in [-0.4, -0.2) is 17.3 Å². The van der Waals surface area contributed by atoms with Gasteiger partial charge in [0, 0.05) is 35.5 Å². The lowest BCUT2D eigenvalue weighted by Crippen LogP contribution is -2.04. The Morgan fingerprint density at radius 3 is 2.38 bits per heavy atom. The standard InChI is InChI=1S/C22H22N2.2CH4/c1-15-7-9-21-17(11-15)13-19(23-21)5-4-6-20-14-18-12-16(2)8-10-22(18)24(20)3;;/h4-12H,13-14H2,1-3H3;2*1H4/p+1. The number of hydrogen-bond donors (Lipinski definition) is 1. The van der Waals surface area contributed by atoms with E-state index in [1.165, 1.54) is 45.0 Å². The van der Waals surface area contributed by atoms with Crippen LogP contribution in [0.25, 0.3) is 0 Å². The van der Waals surface area contributed by atoms with Crippen LogP contribution in [0.1, 0.15) is 37.1 Å². The molecule has 0 atom stereocenters.